The van der Waals surface area contributed by atoms with Crippen LogP contribution in [0.1, 0.15) is 12.5 Å². The Balaban J connectivity index is 1.50. The monoisotopic (exact) mass is 394 g/mol. The second kappa shape index (κ2) is 8.05. The molecule has 2 aromatic heterocycles. The van der Waals surface area contributed by atoms with E-state index in [-0.39, 0.29) is 24.8 Å². The Morgan fingerprint density at radius 1 is 1.10 bits per heavy atom. The van der Waals surface area contributed by atoms with E-state index in [1.165, 1.54) is 0 Å². The smallest absolute Gasteiger partial charge is 0.438 e. The van der Waals surface area contributed by atoms with E-state index < -0.39 is 11.7 Å². The van der Waals surface area contributed by atoms with E-state index in [1.807, 2.05) is 49.4 Å². The molecule has 0 spiro atoms. The fourth-order valence-electron chi connectivity index (χ4n) is 2.82. The molecule has 0 aliphatic carbocycles. The number of ether oxygens (including phenoxy) is 2. The standard InChI is InChI=1S/C21H18N2O6/c1-2-26-16-10-6-9-15-11-17(28-19(15)16)20-22-23(21(25)29-20)12-18(24)27-13-14-7-4-3-5-8-14/h3-11H,2,12-13H2,1H3. The van der Waals surface area contributed by atoms with Gasteiger partial charge in [-0.25, -0.2) is 4.79 Å². The number of esters is 1. The van der Waals surface area contributed by atoms with E-state index in [4.69, 9.17) is 18.3 Å². The highest BCUT2D eigenvalue weighted by atomic mass is 16.5. The van der Waals surface area contributed by atoms with Crippen LogP contribution in [-0.2, 0) is 22.7 Å². The van der Waals surface area contributed by atoms with Crippen molar-refractivity contribution in [3.8, 4) is 17.4 Å². The van der Waals surface area contributed by atoms with E-state index in [2.05, 4.69) is 5.10 Å². The maximum Gasteiger partial charge on any atom is 0.438 e. The van der Waals surface area contributed by atoms with Crippen LogP contribution in [0, 0.1) is 0 Å². The zero-order chi connectivity index (χ0) is 20.2. The number of para-hydroxylation sites is 1. The summed E-state index contributed by atoms with van der Waals surface area (Å²) in [6.07, 6.45) is 0. The number of fused-ring (bicyclic) bond motifs is 1. The van der Waals surface area contributed by atoms with Gasteiger partial charge < -0.3 is 18.3 Å². The molecule has 4 aromatic rings. The van der Waals surface area contributed by atoms with Gasteiger partial charge >= 0.3 is 11.7 Å². The fraction of sp³-hybridized carbons (Fsp3) is 0.190. The van der Waals surface area contributed by atoms with Crippen LogP contribution in [0.3, 0.4) is 0 Å². The van der Waals surface area contributed by atoms with Crippen molar-refractivity contribution in [3.63, 3.8) is 0 Å². The van der Waals surface area contributed by atoms with E-state index in [1.54, 1.807) is 12.1 Å². The highest BCUT2D eigenvalue weighted by Crippen LogP contribution is 2.32. The minimum absolute atomic E-state index is 0.0236. The fourth-order valence-corrected chi connectivity index (χ4v) is 2.82. The van der Waals surface area contributed by atoms with Crippen LogP contribution >= 0.6 is 0 Å². The van der Waals surface area contributed by atoms with Gasteiger partial charge in [-0.2, -0.15) is 4.68 Å². The molecule has 148 valence electrons. The van der Waals surface area contributed by atoms with Gasteiger partial charge in [-0.15, -0.1) is 5.10 Å². The molecule has 8 nitrogen and oxygen atoms in total. The van der Waals surface area contributed by atoms with Crippen LogP contribution in [0.4, 0.5) is 0 Å². The van der Waals surface area contributed by atoms with Crippen molar-refractivity contribution in [2.75, 3.05) is 6.61 Å². The number of hydrogen-bond donors (Lipinski definition) is 0. The zero-order valence-electron chi connectivity index (χ0n) is 15.7. The Kier molecular flexibility index (Phi) is 5.15. The first kappa shape index (κ1) is 18.5. The SMILES string of the molecule is CCOc1cccc2cc(-c3nn(CC(=O)OCc4ccccc4)c(=O)o3)oc12. The maximum absolute atomic E-state index is 12.1. The summed E-state index contributed by atoms with van der Waals surface area (Å²) in [7, 11) is 0. The molecule has 0 amide bonds. The van der Waals surface area contributed by atoms with Crippen molar-refractivity contribution in [3.05, 3.63) is 70.7 Å². The van der Waals surface area contributed by atoms with Crippen molar-refractivity contribution in [2.24, 2.45) is 0 Å². The van der Waals surface area contributed by atoms with Gasteiger partial charge in [0.25, 0.3) is 5.89 Å². The van der Waals surface area contributed by atoms with Crippen LogP contribution in [-0.4, -0.2) is 22.4 Å². The maximum atomic E-state index is 12.1. The van der Waals surface area contributed by atoms with Crippen LogP contribution in [0.5, 0.6) is 5.75 Å². The van der Waals surface area contributed by atoms with Crippen molar-refractivity contribution in [1.29, 1.82) is 0 Å². The van der Waals surface area contributed by atoms with Crippen molar-refractivity contribution in [2.45, 2.75) is 20.1 Å². The molecule has 29 heavy (non-hydrogen) atoms. The van der Waals surface area contributed by atoms with Gasteiger partial charge in [0.1, 0.15) is 13.2 Å². The molecule has 0 radical (unpaired) electrons. The molecule has 2 heterocycles. The summed E-state index contributed by atoms with van der Waals surface area (Å²) in [5.41, 5.74) is 1.38. The molecule has 0 aliphatic heterocycles. The summed E-state index contributed by atoms with van der Waals surface area (Å²) in [5.74, 6) is -0.547. The minimum atomic E-state index is -0.776. The summed E-state index contributed by atoms with van der Waals surface area (Å²) in [4.78, 5) is 24.1. The lowest BCUT2D eigenvalue weighted by molar-refractivity contribution is -0.146. The predicted molar refractivity (Wildman–Crippen MR) is 103 cm³/mol. The zero-order valence-corrected chi connectivity index (χ0v) is 15.7. The van der Waals surface area contributed by atoms with Crippen LogP contribution in [0.2, 0.25) is 0 Å². The summed E-state index contributed by atoms with van der Waals surface area (Å²) in [5, 5.41) is 4.83. The molecular formula is C21H18N2O6. The Labute approximate surface area is 165 Å². The number of carbonyl (C=O) groups is 1. The first-order valence-electron chi connectivity index (χ1n) is 9.07. The van der Waals surface area contributed by atoms with Gasteiger partial charge in [-0.1, -0.05) is 42.5 Å². The molecule has 0 aliphatic rings. The number of nitrogens with zero attached hydrogens (tertiary/aromatic N) is 2. The molecule has 0 unspecified atom stereocenters. The van der Waals surface area contributed by atoms with Gasteiger partial charge in [-0.3, -0.25) is 4.79 Å². The average Bonchev–Trinajstić information content (AvgIpc) is 3.32. The number of carbonyl (C=O) groups excluding carboxylic acids is 1. The topological polar surface area (TPSA) is 96.7 Å². The highest BCUT2D eigenvalue weighted by Gasteiger charge is 2.18. The first-order valence-corrected chi connectivity index (χ1v) is 9.07. The lowest BCUT2D eigenvalue weighted by Gasteiger charge is -2.03. The lowest BCUT2D eigenvalue weighted by atomic mass is 10.2. The molecule has 0 saturated carbocycles. The van der Waals surface area contributed by atoms with E-state index >= 15 is 0 Å². The molecule has 2 aromatic carbocycles. The second-order valence-corrected chi connectivity index (χ2v) is 6.20. The molecule has 0 saturated heterocycles. The molecule has 0 fully saturated rings. The third-order valence-corrected chi connectivity index (χ3v) is 4.15. The molecule has 0 N–H and O–H groups in total. The summed E-state index contributed by atoms with van der Waals surface area (Å²) < 4.78 is 22.5. The number of hydrogen-bond acceptors (Lipinski definition) is 7. The average molecular weight is 394 g/mol. The third kappa shape index (κ3) is 4.06. The van der Waals surface area contributed by atoms with Crippen LogP contribution in [0.25, 0.3) is 22.6 Å². The summed E-state index contributed by atoms with van der Waals surface area (Å²) >= 11 is 0. The van der Waals surface area contributed by atoms with Crippen LogP contribution < -0.4 is 10.5 Å². The number of rotatable bonds is 7. The summed E-state index contributed by atoms with van der Waals surface area (Å²) in [6, 6.07) is 16.4. The molecular weight excluding hydrogens is 376 g/mol. The predicted octanol–water partition coefficient (Wildman–Crippen LogP) is 3.39. The van der Waals surface area contributed by atoms with Gasteiger partial charge in [-0.05, 0) is 24.6 Å². The Hall–Kier alpha value is -3.81. The Morgan fingerprint density at radius 2 is 1.93 bits per heavy atom. The van der Waals surface area contributed by atoms with E-state index in [9.17, 15) is 9.59 Å². The molecule has 0 bridgehead atoms. The van der Waals surface area contributed by atoms with Gasteiger partial charge in [0.05, 0.1) is 6.61 Å². The minimum Gasteiger partial charge on any atom is -0.490 e. The Morgan fingerprint density at radius 3 is 2.72 bits per heavy atom. The van der Waals surface area contributed by atoms with Gasteiger partial charge in [0.2, 0.25) is 0 Å². The van der Waals surface area contributed by atoms with Gasteiger partial charge in [0.15, 0.2) is 17.1 Å². The molecule has 4 rings (SSSR count). The lowest BCUT2D eigenvalue weighted by Crippen LogP contribution is -2.22. The van der Waals surface area contributed by atoms with E-state index in [0.29, 0.717) is 17.9 Å². The van der Waals surface area contributed by atoms with Crippen LogP contribution in [0.15, 0.2) is 68.2 Å². The van der Waals surface area contributed by atoms with Crippen molar-refractivity contribution >= 4 is 16.9 Å². The summed E-state index contributed by atoms with van der Waals surface area (Å²) in [6.45, 7) is 2.12. The molecule has 8 heteroatoms. The number of benzene rings is 2. The first-order chi connectivity index (χ1) is 14.1. The normalized spacial score (nSPS) is 10.9. The highest BCUT2D eigenvalue weighted by molar-refractivity contribution is 5.86. The quantitative estimate of drug-likeness (QED) is 0.443. The largest absolute Gasteiger partial charge is 0.490 e. The number of furan rings is 1. The second-order valence-electron chi connectivity index (χ2n) is 6.20. The Bertz CT molecular complexity index is 1190. The van der Waals surface area contributed by atoms with Crippen molar-refractivity contribution < 1.29 is 23.1 Å². The van der Waals surface area contributed by atoms with Crippen molar-refractivity contribution in [1.82, 2.24) is 9.78 Å². The number of aromatic nitrogens is 2. The molecule has 0 atom stereocenters. The van der Waals surface area contributed by atoms with E-state index in [0.717, 1.165) is 15.6 Å². The van der Waals surface area contributed by atoms with Gasteiger partial charge in [0, 0.05) is 5.39 Å². The third-order valence-electron chi connectivity index (χ3n) is 4.15.